The fourth-order valence-corrected chi connectivity index (χ4v) is 1.66. The van der Waals surface area contributed by atoms with Crippen molar-refractivity contribution in [1.29, 1.82) is 0 Å². The molecule has 1 atom stereocenters. The average Bonchev–Trinajstić information content (AvgIpc) is 2.27. The van der Waals surface area contributed by atoms with Gasteiger partial charge in [0.25, 0.3) is 0 Å². The molecular formula is C12H17ClN2O. The van der Waals surface area contributed by atoms with Crippen LogP contribution >= 0.6 is 11.6 Å². The van der Waals surface area contributed by atoms with Gasteiger partial charge in [-0.05, 0) is 25.5 Å². The summed E-state index contributed by atoms with van der Waals surface area (Å²) >= 11 is 6.04. The normalized spacial score (nSPS) is 12.2. The maximum atomic E-state index is 11.7. The summed E-state index contributed by atoms with van der Waals surface area (Å²) in [6, 6.07) is 7.05. The zero-order valence-corrected chi connectivity index (χ0v) is 10.4. The van der Waals surface area contributed by atoms with Crippen molar-refractivity contribution in [3.05, 3.63) is 34.9 Å². The first-order valence-electron chi connectivity index (χ1n) is 5.34. The van der Waals surface area contributed by atoms with Gasteiger partial charge in [-0.1, -0.05) is 29.8 Å². The van der Waals surface area contributed by atoms with Crippen LogP contribution < -0.4 is 5.73 Å². The molecule has 0 aromatic heterocycles. The summed E-state index contributed by atoms with van der Waals surface area (Å²) in [5.74, 6) is -0.0533. The van der Waals surface area contributed by atoms with Gasteiger partial charge >= 0.3 is 0 Å². The number of halogens is 1. The Bertz CT molecular complexity index is 366. The number of hydrogen-bond donors (Lipinski definition) is 1. The summed E-state index contributed by atoms with van der Waals surface area (Å²) < 4.78 is 0. The fraction of sp³-hybridized carbons (Fsp3) is 0.417. The first-order valence-corrected chi connectivity index (χ1v) is 5.71. The summed E-state index contributed by atoms with van der Waals surface area (Å²) in [7, 11) is 0. The second-order valence-electron chi connectivity index (χ2n) is 3.73. The van der Waals surface area contributed by atoms with Gasteiger partial charge in [-0.15, -0.1) is 0 Å². The van der Waals surface area contributed by atoms with Crippen LogP contribution in [-0.2, 0) is 11.3 Å². The Morgan fingerprint density at radius 1 is 1.50 bits per heavy atom. The molecular weight excluding hydrogens is 224 g/mol. The van der Waals surface area contributed by atoms with Crippen molar-refractivity contribution >= 4 is 17.5 Å². The van der Waals surface area contributed by atoms with E-state index in [9.17, 15) is 4.79 Å². The summed E-state index contributed by atoms with van der Waals surface area (Å²) in [4.78, 5) is 13.4. The van der Waals surface area contributed by atoms with E-state index in [1.165, 1.54) is 0 Å². The molecule has 1 rings (SSSR count). The molecule has 3 nitrogen and oxygen atoms in total. The third-order valence-corrected chi connectivity index (χ3v) is 2.77. The Hall–Kier alpha value is -1.06. The Balaban J connectivity index is 2.78. The van der Waals surface area contributed by atoms with Gasteiger partial charge in [0.15, 0.2) is 0 Å². The molecule has 0 aliphatic rings. The van der Waals surface area contributed by atoms with Gasteiger partial charge in [-0.25, -0.2) is 0 Å². The third kappa shape index (κ3) is 3.22. The van der Waals surface area contributed by atoms with Crippen molar-refractivity contribution in [2.24, 2.45) is 5.73 Å². The highest BCUT2D eigenvalue weighted by Crippen LogP contribution is 2.17. The van der Waals surface area contributed by atoms with Crippen molar-refractivity contribution in [1.82, 2.24) is 4.90 Å². The Morgan fingerprint density at radius 3 is 2.62 bits per heavy atom. The van der Waals surface area contributed by atoms with Crippen LogP contribution in [0.25, 0.3) is 0 Å². The lowest BCUT2D eigenvalue weighted by molar-refractivity contribution is -0.132. The summed E-state index contributed by atoms with van der Waals surface area (Å²) in [5, 5.41) is 0.679. The van der Waals surface area contributed by atoms with E-state index in [-0.39, 0.29) is 5.91 Å². The molecule has 0 bridgehead atoms. The molecule has 0 saturated carbocycles. The topological polar surface area (TPSA) is 46.3 Å². The number of carbonyl (C=O) groups is 1. The molecule has 1 aromatic carbocycles. The lowest BCUT2D eigenvalue weighted by Gasteiger charge is -2.23. The molecule has 0 saturated heterocycles. The maximum Gasteiger partial charge on any atom is 0.239 e. The monoisotopic (exact) mass is 240 g/mol. The third-order valence-electron chi connectivity index (χ3n) is 2.40. The van der Waals surface area contributed by atoms with Gasteiger partial charge in [-0.2, -0.15) is 0 Å². The number of nitrogens with two attached hydrogens (primary N) is 1. The molecule has 0 fully saturated rings. The first kappa shape index (κ1) is 13.0. The van der Waals surface area contributed by atoms with Crippen LogP contribution in [-0.4, -0.2) is 23.4 Å². The predicted octanol–water partition coefficient (Wildman–Crippen LogP) is 2.04. The molecule has 0 spiro atoms. The Morgan fingerprint density at radius 2 is 2.12 bits per heavy atom. The van der Waals surface area contributed by atoms with Gasteiger partial charge in [-0.3, -0.25) is 4.79 Å². The second-order valence-corrected chi connectivity index (χ2v) is 4.14. The second kappa shape index (κ2) is 5.87. The summed E-state index contributed by atoms with van der Waals surface area (Å²) in [6.45, 7) is 4.76. The zero-order chi connectivity index (χ0) is 12.1. The molecule has 2 N–H and O–H groups in total. The highest BCUT2D eigenvalue weighted by molar-refractivity contribution is 6.31. The molecule has 88 valence electrons. The van der Waals surface area contributed by atoms with Crippen LogP contribution in [0.5, 0.6) is 0 Å². The van der Waals surface area contributed by atoms with Crippen LogP contribution in [0.1, 0.15) is 19.4 Å². The van der Waals surface area contributed by atoms with Crippen LogP contribution in [0.2, 0.25) is 5.02 Å². The van der Waals surface area contributed by atoms with Gasteiger partial charge < -0.3 is 10.6 Å². The fourth-order valence-electron chi connectivity index (χ4n) is 1.47. The number of nitrogens with zero attached hydrogens (tertiary/aromatic N) is 1. The summed E-state index contributed by atoms with van der Waals surface area (Å²) in [5.41, 5.74) is 6.52. The Labute approximate surface area is 101 Å². The van der Waals surface area contributed by atoms with E-state index in [4.69, 9.17) is 17.3 Å². The molecule has 0 aliphatic carbocycles. The quantitative estimate of drug-likeness (QED) is 0.876. The smallest absolute Gasteiger partial charge is 0.239 e. The molecule has 4 heteroatoms. The number of amides is 1. The van der Waals surface area contributed by atoms with E-state index < -0.39 is 6.04 Å². The number of rotatable bonds is 4. The SMILES string of the molecule is CCN(Cc1ccccc1Cl)C(=O)C(C)N. The van der Waals surface area contributed by atoms with E-state index in [0.29, 0.717) is 18.1 Å². The molecule has 0 radical (unpaired) electrons. The first-order chi connectivity index (χ1) is 7.56. The minimum Gasteiger partial charge on any atom is -0.337 e. The highest BCUT2D eigenvalue weighted by atomic mass is 35.5. The van der Waals surface area contributed by atoms with E-state index in [0.717, 1.165) is 5.56 Å². The van der Waals surface area contributed by atoms with E-state index in [1.54, 1.807) is 11.8 Å². The molecule has 1 aromatic rings. The van der Waals surface area contributed by atoms with Crippen molar-refractivity contribution in [2.45, 2.75) is 26.4 Å². The van der Waals surface area contributed by atoms with Crippen molar-refractivity contribution < 1.29 is 4.79 Å². The molecule has 0 aliphatic heterocycles. The van der Waals surface area contributed by atoms with Crippen molar-refractivity contribution in [3.63, 3.8) is 0 Å². The van der Waals surface area contributed by atoms with Crippen LogP contribution in [0.3, 0.4) is 0 Å². The molecule has 1 unspecified atom stereocenters. The number of hydrogen-bond acceptors (Lipinski definition) is 2. The molecule has 0 heterocycles. The van der Waals surface area contributed by atoms with E-state index in [1.807, 2.05) is 31.2 Å². The Kier molecular flexibility index (Phi) is 4.77. The standard InChI is InChI=1S/C12H17ClN2O/c1-3-15(12(16)9(2)14)8-10-6-4-5-7-11(10)13/h4-7,9H,3,8,14H2,1-2H3. The number of benzene rings is 1. The largest absolute Gasteiger partial charge is 0.337 e. The minimum atomic E-state index is -0.470. The van der Waals surface area contributed by atoms with Gasteiger partial charge in [0.1, 0.15) is 0 Å². The van der Waals surface area contributed by atoms with Gasteiger partial charge in [0.2, 0.25) is 5.91 Å². The van der Waals surface area contributed by atoms with Crippen LogP contribution in [0.4, 0.5) is 0 Å². The molecule has 16 heavy (non-hydrogen) atoms. The lowest BCUT2D eigenvalue weighted by atomic mass is 10.2. The van der Waals surface area contributed by atoms with Crippen LogP contribution in [0.15, 0.2) is 24.3 Å². The van der Waals surface area contributed by atoms with E-state index in [2.05, 4.69) is 0 Å². The lowest BCUT2D eigenvalue weighted by Crippen LogP contribution is -2.41. The maximum absolute atomic E-state index is 11.7. The number of likely N-dealkylation sites (N-methyl/N-ethyl adjacent to an activating group) is 1. The minimum absolute atomic E-state index is 0.0533. The predicted molar refractivity (Wildman–Crippen MR) is 66.2 cm³/mol. The van der Waals surface area contributed by atoms with Gasteiger partial charge in [0, 0.05) is 18.1 Å². The van der Waals surface area contributed by atoms with Gasteiger partial charge in [0.05, 0.1) is 6.04 Å². The highest BCUT2D eigenvalue weighted by Gasteiger charge is 2.16. The van der Waals surface area contributed by atoms with Crippen molar-refractivity contribution in [3.8, 4) is 0 Å². The van der Waals surface area contributed by atoms with Crippen LogP contribution in [0, 0.1) is 0 Å². The van der Waals surface area contributed by atoms with E-state index >= 15 is 0 Å². The zero-order valence-electron chi connectivity index (χ0n) is 9.61. The average molecular weight is 241 g/mol. The van der Waals surface area contributed by atoms with Crippen molar-refractivity contribution in [2.75, 3.05) is 6.54 Å². The molecule has 1 amide bonds. The number of carbonyl (C=O) groups excluding carboxylic acids is 1. The summed E-state index contributed by atoms with van der Waals surface area (Å²) in [6.07, 6.45) is 0.